The van der Waals surface area contributed by atoms with Crippen LogP contribution in [0, 0.1) is 11.8 Å². The third-order valence-electron chi connectivity index (χ3n) is 3.55. The van der Waals surface area contributed by atoms with Gasteiger partial charge in [-0.25, -0.2) is 0 Å². The van der Waals surface area contributed by atoms with Crippen LogP contribution in [0.1, 0.15) is 38.5 Å². The molecular weight excluding hydrogens is 194 g/mol. The monoisotopic (exact) mass is 211 g/mol. The topological polar surface area (TPSA) is 66.4 Å². The third kappa shape index (κ3) is 2.20. The second kappa shape index (κ2) is 4.31. The molecule has 2 N–H and O–H groups in total. The zero-order valence-corrected chi connectivity index (χ0v) is 8.74. The number of hydrogen-bond acceptors (Lipinski definition) is 3. The van der Waals surface area contributed by atoms with Crippen molar-refractivity contribution in [3.05, 3.63) is 0 Å². The van der Waals surface area contributed by atoms with E-state index in [9.17, 15) is 14.7 Å². The van der Waals surface area contributed by atoms with E-state index in [1.54, 1.807) is 0 Å². The summed E-state index contributed by atoms with van der Waals surface area (Å²) >= 11 is 0. The highest BCUT2D eigenvalue weighted by molar-refractivity contribution is 6.03. The van der Waals surface area contributed by atoms with Gasteiger partial charge in [0.15, 0.2) is 0 Å². The number of carbonyl (C=O) groups is 2. The van der Waals surface area contributed by atoms with Gasteiger partial charge in [-0.3, -0.25) is 14.9 Å². The maximum absolute atomic E-state index is 11.4. The van der Waals surface area contributed by atoms with Gasteiger partial charge in [0.05, 0.1) is 12.0 Å². The molecule has 0 aromatic heterocycles. The first-order valence-electron chi connectivity index (χ1n) is 5.70. The van der Waals surface area contributed by atoms with Gasteiger partial charge in [-0.15, -0.1) is 0 Å². The van der Waals surface area contributed by atoms with Gasteiger partial charge in [0, 0.05) is 6.42 Å². The molecule has 1 saturated heterocycles. The van der Waals surface area contributed by atoms with Gasteiger partial charge in [0.25, 0.3) is 0 Å². The lowest BCUT2D eigenvalue weighted by Crippen LogP contribution is -2.35. The lowest BCUT2D eigenvalue weighted by atomic mass is 9.80. The second-order valence-corrected chi connectivity index (χ2v) is 4.61. The Kier molecular flexibility index (Phi) is 3.05. The van der Waals surface area contributed by atoms with Crippen LogP contribution < -0.4 is 5.32 Å². The molecule has 15 heavy (non-hydrogen) atoms. The van der Waals surface area contributed by atoms with Crippen molar-refractivity contribution < 1.29 is 14.7 Å². The van der Waals surface area contributed by atoms with E-state index in [1.165, 1.54) is 6.42 Å². The van der Waals surface area contributed by atoms with Crippen molar-refractivity contribution in [2.45, 2.75) is 44.6 Å². The van der Waals surface area contributed by atoms with Gasteiger partial charge in [0.2, 0.25) is 11.8 Å². The quantitative estimate of drug-likeness (QED) is 0.657. The Balaban J connectivity index is 1.97. The number of aliphatic hydroxyl groups excluding tert-OH is 1. The minimum atomic E-state index is -0.628. The average Bonchev–Trinajstić information content (AvgIpc) is 2.58. The zero-order valence-electron chi connectivity index (χ0n) is 8.74. The highest BCUT2D eigenvalue weighted by atomic mass is 16.3. The molecule has 0 bridgehead atoms. The highest BCUT2D eigenvalue weighted by Crippen LogP contribution is 2.31. The van der Waals surface area contributed by atoms with Crippen molar-refractivity contribution in [1.82, 2.24) is 5.32 Å². The first-order chi connectivity index (χ1) is 7.18. The standard InChI is InChI=1S/C11H17NO3/c13-9-6-8(11(15)12-9)10(14)7-4-2-1-3-5-7/h7-8,10,14H,1-6H2,(H,12,13,15). The van der Waals surface area contributed by atoms with E-state index in [0.29, 0.717) is 0 Å². The van der Waals surface area contributed by atoms with Gasteiger partial charge in [0.1, 0.15) is 0 Å². The number of amides is 2. The number of rotatable bonds is 2. The van der Waals surface area contributed by atoms with E-state index in [0.717, 1.165) is 25.7 Å². The third-order valence-corrected chi connectivity index (χ3v) is 3.55. The predicted molar refractivity (Wildman–Crippen MR) is 53.8 cm³/mol. The molecule has 84 valence electrons. The molecule has 0 radical (unpaired) electrons. The number of imide groups is 1. The lowest BCUT2D eigenvalue weighted by Gasteiger charge is -2.28. The van der Waals surface area contributed by atoms with Crippen LogP contribution in [0.5, 0.6) is 0 Å². The van der Waals surface area contributed by atoms with Crippen LogP contribution in [0.2, 0.25) is 0 Å². The largest absolute Gasteiger partial charge is 0.392 e. The van der Waals surface area contributed by atoms with E-state index >= 15 is 0 Å². The van der Waals surface area contributed by atoms with Gasteiger partial charge < -0.3 is 5.11 Å². The van der Waals surface area contributed by atoms with Crippen LogP contribution in [0.3, 0.4) is 0 Å². The summed E-state index contributed by atoms with van der Waals surface area (Å²) in [7, 11) is 0. The fourth-order valence-electron chi connectivity index (χ4n) is 2.65. The molecule has 2 fully saturated rings. The molecule has 1 heterocycles. The summed E-state index contributed by atoms with van der Waals surface area (Å²) in [6.45, 7) is 0. The SMILES string of the molecule is O=C1CC(C(O)C2CCCCC2)C(=O)N1. The Labute approximate surface area is 89.0 Å². The lowest BCUT2D eigenvalue weighted by molar-refractivity contribution is -0.128. The summed E-state index contributed by atoms with van der Waals surface area (Å²) < 4.78 is 0. The summed E-state index contributed by atoms with van der Waals surface area (Å²) in [6, 6.07) is 0. The highest BCUT2D eigenvalue weighted by Gasteiger charge is 2.39. The summed E-state index contributed by atoms with van der Waals surface area (Å²) in [5.74, 6) is -0.834. The van der Waals surface area contributed by atoms with Gasteiger partial charge in [-0.2, -0.15) is 0 Å². The van der Waals surface area contributed by atoms with Crippen molar-refractivity contribution in [1.29, 1.82) is 0 Å². The average molecular weight is 211 g/mol. The number of nitrogens with one attached hydrogen (secondary N) is 1. The molecule has 1 aliphatic heterocycles. The second-order valence-electron chi connectivity index (χ2n) is 4.61. The molecule has 1 saturated carbocycles. The molecule has 2 unspecified atom stereocenters. The van der Waals surface area contributed by atoms with Gasteiger partial charge in [-0.1, -0.05) is 19.3 Å². The molecule has 2 amide bonds. The summed E-state index contributed by atoms with van der Waals surface area (Å²) in [4.78, 5) is 22.4. The summed E-state index contributed by atoms with van der Waals surface area (Å²) in [6.07, 6.45) is 4.98. The zero-order chi connectivity index (χ0) is 10.8. The van der Waals surface area contributed by atoms with Crippen LogP contribution in [0.4, 0.5) is 0 Å². The van der Waals surface area contributed by atoms with Crippen LogP contribution >= 0.6 is 0 Å². The Morgan fingerprint density at radius 3 is 2.40 bits per heavy atom. The minimum absolute atomic E-state index is 0.163. The number of aliphatic hydroxyl groups is 1. The van der Waals surface area contributed by atoms with Gasteiger partial charge in [-0.05, 0) is 18.8 Å². The van der Waals surface area contributed by atoms with Crippen molar-refractivity contribution in [3.8, 4) is 0 Å². The molecule has 0 aromatic rings. The Morgan fingerprint density at radius 2 is 1.87 bits per heavy atom. The molecule has 2 atom stereocenters. The first kappa shape index (κ1) is 10.6. The molecule has 4 heteroatoms. The van der Waals surface area contributed by atoms with E-state index in [-0.39, 0.29) is 24.2 Å². The first-order valence-corrected chi connectivity index (χ1v) is 5.70. The predicted octanol–water partition coefficient (Wildman–Crippen LogP) is 0.590. The van der Waals surface area contributed by atoms with E-state index < -0.39 is 12.0 Å². The number of hydrogen-bond donors (Lipinski definition) is 2. The maximum Gasteiger partial charge on any atom is 0.232 e. The molecule has 1 aliphatic carbocycles. The summed E-state index contributed by atoms with van der Waals surface area (Å²) in [5, 5.41) is 12.3. The Morgan fingerprint density at radius 1 is 1.20 bits per heavy atom. The van der Waals surface area contributed by atoms with Crippen molar-refractivity contribution in [3.63, 3.8) is 0 Å². The van der Waals surface area contributed by atoms with Crippen LogP contribution in [-0.2, 0) is 9.59 Å². The van der Waals surface area contributed by atoms with Crippen molar-refractivity contribution in [2.24, 2.45) is 11.8 Å². The number of carbonyl (C=O) groups excluding carboxylic acids is 2. The Hall–Kier alpha value is -0.900. The van der Waals surface area contributed by atoms with Crippen LogP contribution in [0.15, 0.2) is 0 Å². The van der Waals surface area contributed by atoms with Crippen molar-refractivity contribution >= 4 is 11.8 Å². The molecule has 0 aromatic carbocycles. The van der Waals surface area contributed by atoms with E-state index in [4.69, 9.17) is 0 Å². The molecular formula is C11H17NO3. The normalized spacial score (nSPS) is 30.3. The molecule has 4 nitrogen and oxygen atoms in total. The van der Waals surface area contributed by atoms with E-state index in [1.807, 2.05) is 0 Å². The maximum atomic E-state index is 11.4. The molecule has 2 rings (SSSR count). The smallest absolute Gasteiger partial charge is 0.232 e. The summed E-state index contributed by atoms with van der Waals surface area (Å²) in [5.41, 5.74) is 0. The van der Waals surface area contributed by atoms with Crippen LogP contribution in [0.25, 0.3) is 0 Å². The Bertz CT molecular complexity index is 271. The molecule has 2 aliphatic rings. The fraction of sp³-hybridized carbons (Fsp3) is 0.818. The van der Waals surface area contributed by atoms with Gasteiger partial charge >= 0.3 is 0 Å². The fourth-order valence-corrected chi connectivity index (χ4v) is 2.65. The molecule has 0 spiro atoms. The van der Waals surface area contributed by atoms with Crippen molar-refractivity contribution in [2.75, 3.05) is 0 Å². The minimum Gasteiger partial charge on any atom is -0.392 e. The van der Waals surface area contributed by atoms with E-state index in [2.05, 4.69) is 5.32 Å². The van der Waals surface area contributed by atoms with Crippen LogP contribution in [-0.4, -0.2) is 23.0 Å².